The SMILES string of the molecule is O=C(CC1CN(c2cc(F)c(-c3ccc(OCc4ccccc4)nc3OCc3ccccc3)c3c2OCC3)C1)Nc1cc(Cl)ccc1F. The van der Waals surface area contributed by atoms with Crippen LogP contribution in [0, 0.1) is 17.6 Å². The van der Waals surface area contributed by atoms with Crippen LogP contribution in [0.15, 0.2) is 97.1 Å². The lowest BCUT2D eigenvalue weighted by Gasteiger charge is -2.41. The van der Waals surface area contributed by atoms with Crippen molar-refractivity contribution in [1.82, 2.24) is 4.98 Å². The standard InChI is InChI=1S/C38H32ClF2N3O4/c39-27-11-13-30(40)32(18-27)42-34(45)17-26-20-44(21-26)33-19-31(41)36(28-15-16-46-37(28)33)29-12-14-35(47-22-24-7-3-1-4-8-24)43-38(29)48-23-25-9-5-2-6-10-25/h1-14,18-19,26H,15-17,20-23H2,(H,42,45). The predicted molar refractivity (Wildman–Crippen MR) is 181 cm³/mol. The second kappa shape index (κ2) is 13.9. The Morgan fingerprint density at radius 3 is 2.33 bits per heavy atom. The van der Waals surface area contributed by atoms with Gasteiger partial charge in [-0.15, -0.1) is 0 Å². The van der Waals surface area contributed by atoms with Crippen molar-refractivity contribution in [3.05, 3.63) is 130 Å². The molecular weight excluding hydrogens is 636 g/mol. The summed E-state index contributed by atoms with van der Waals surface area (Å²) in [5.41, 5.74) is 4.27. The number of halogens is 3. The summed E-state index contributed by atoms with van der Waals surface area (Å²) in [6, 6.07) is 28.5. The second-order valence-electron chi connectivity index (χ2n) is 11.9. The molecule has 1 fully saturated rings. The van der Waals surface area contributed by atoms with E-state index in [1.807, 2.05) is 65.6 Å². The van der Waals surface area contributed by atoms with Gasteiger partial charge < -0.3 is 24.4 Å². The molecule has 7 rings (SSSR count). The third kappa shape index (κ3) is 6.92. The van der Waals surface area contributed by atoms with Crippen LogP contribution < -0.4 is 24.4 Å². The van der Waals surface area contributed by atoms with E-state index in [1.54, 1.807) is 12.1 Å². The van der Waals surface area contributed by atoms with Crippen LogP contribution in [0.5, 0.6) is 17.5 Å². The molecule has 244 valence electrons. The molecule has 0 radical (unpaired) electrons. The highest BCUT2D eigenvalue weighted by atomic mass is 35.5. The molecule has 0 aliphatic carbocycles. The molecule has 2 aliphatic rings. The number of anilines is 2. The molecule has 1 aromatic heterocycles. The Labute approximate surface area is 282 Å². The average Bonchev–Trinajstić information content (AvgIpc) is 3.57. The molecular formula is C38H32ClF2N3O4. The van der Waals surface area contributed by atoms with Crippen LogP contribution in [-0.2, 0) is 24.4 Å². The van der Waals surface area contributed by atoms with Crippen molar-refractivity contribution in [3.63, 3.8) is 0 Å². The molecule has 4 aromatic carbocycles. The molecule has 7 nitrogen and oxygen atoms in total. The number of nitrogens with zero attached hydrogens (tertiary/aromatic N) is 2. The summed E-state index contributed by atoms with van der Waals surface area (Å²) in [6.07, 6.45) is 0.712. The first-order valence-electron chi connectivity index (χ1n) is 15.7. The van der Waals surface area contributed by atoms with Crippen molar-refractivity contribution in [3.8, 4) is 28.6 Å². The van der Waals surface area contributed by atoms with Crippen LogP contribution in [0.3, 0.4) is 0 Å². The minimum absolute atomic E-state index is 0.0117. The van der Waals surface area contributed by atoms with Gasteiger partial charge in [-0.25, -0.2) is 8.78 Å². The third-order valence-corrected chi connectivity index (χ3v) is 8.67. The van der Waals surface area contributed by atoms with E-state index in [0.717, 1.165) is 16.7 Å². The first-order chi connectivity index (χ1) is 23.4. The Morgan fingerprint density at radius 2 is 1.60 bits per heavy atom. The molecule has 0 atom stereocenters. The summed E-state index contributed by atoms with van der Waals surface area (Å²) < 4.78 is 48.6. The van der Waals surface area contributed by atoms with Gasteiger partial charge in [-0.1, -0.05) is 72.3 Å². The summed E-state index contributed by atoms with van der Waals surface area (Å²) in [6.45, 7) is 2.04. The van der Waals surface area contributed by atoms with Crippen LogP contribution in [0.4, 0.5) is 20.2 Å². The van der Waals surface area contributed by atoms with Crippen LogP contribution >= 0.6 is 11.6 Å². The lowest BCUT2D eigenvalue weighted by Crippen LogP contribution is -2.48. The van der Waals surface area contributed by atoms with Gasteiger partial charge in [-0.05, 0) is 35.4 Å². The topological polar surface area (TPSA) is 72.9 Å². The summed E-state index contributed by atoms with van der Waals surface area (Å²) in [7, 11) is 0. The highest BCUT2D eigenvalue weighted by molar-refractivity contribution is 6.30. The number of amides is 1. The smallest absolute Gasteiger partial charge is 0.225 e. The summed E-state index contributed by atoms with van der Waals surface area (Å²) in [4.78, 5) is 19.3. The van der Waals surface area contributed by atoms with Gasteiger partial charge in [0, 0.05) is 65.7 Å². The zero-order valence-corrected chi connectivity index (χ0v) is 26.7. The van der Waals surface area contributed by atoms with E-state index in [1.165, 1.54) is 24.3 Å². The van der Waals surface area contributed by atoms with Crippen LogP contribution in [0.25, 0.3) is 11.1 Å². The van der Waals surface area contributed by atoms with Gasteiger partial charge in [0.2, 0.25) is 17.7 Å². The summed E-state index contributed by atoms with van der Waals surface area (Å²) in [5, 5.41) is 2.93. The monoisotopic (exact) mass is 667 g/mol. The molecule has 5 aromatic rings. The maximum Gasteiger partial charge on any atom is 0.225 e. The Kier molecular flexibility index (Phi) is 9.12. The second-order valence-corrected chi connectivity index (χ2v) is 12.3. The van der Waals surface area contributed by atoms with Gasteiger partial charge in [0.1, 0.15) is 30.6 Å². The number of ether oxygens (including phenoxy) is 3. The molecule has 48 heavy (non-hydrogen) atoms. The van der Waals surface area contributed by atoms with E-state index in [-0.39, 0.29) is 36.4 Å². The van der Waals surface area contributed by atoms with Crippen molar-refractivity contribution < 1.29 is 27.8 Å². The summed E-state index contributed by atoms with van der Waals surface area (Å²) in [5.74, 6) is -0.0248. The fraction of sp³-hybridized carbons (Fsp3) is 0.211. The van der Waals surface area contributed by atoms with Gasteiger partial charge in [-0.3, -0.25) is 4.79 Å². The number of rotatable bonds is 11. The predicted octanol–water partition coefficient (Wildman–Crippen LogP) is 8.24. The van der Waals surface area contributed by atoms with Gasteiger partial charge in [-0.2, -0.15) is 4.98 Å². The molecule has 0 spiro atoms. The number of pyridine rings is 1. The van der Waals surface area contributed by atoms with Crippen LogP contribution in [0.1, 0.15) is 23.1 Å². The maximum atomic E-state index is 16.2. The van der Waals surface area contributed by atoms with E-state index < -0.39 is 11.6 Å². The Balaban J connectivity index is 1.11. The largest absolute Gasteiger partial charge is 0.491 e. The normalized spacial score (nSPS) is 13.8. The Bertz CT molecular complexity index is 1940. The first-order valence-corrected chi connectivity index (χ1v) is 16.1. The van der Waals surface area contributed by atoms with E-state index in [0.29, 0.717) is 66.2 Å². The number of carbonyl (C=O) groups excluding carboxylic acids is 1. The number of nitrogens with one attached hydrogen (secondary N) is 1. The van der Waals surface area contributed by atoms with Gasteiger partial charge in [0.05, 0.1) is 18.0 Å². The number of hydrogen-bond donors (Lipinski definition) is 1. The van der Waals surface area contributed by atoms with Crippen molar-refractivity contribution in [2.75, 3.05) is 29.9 Å². The highest BCUT2D eigenvalue weighted by Gasteiger charge is 2.35. The molecule has 0 saturated carbocycles. The van der Waals surface area contributed by atoms with Crippen LogP contribution in [0.2, 0.25) is 5.02 Å². The lowest BCUT2D eigenvalue weighted by atomic mass is 9.92. The minimum atomic E-state index is -0.551. The van der Waals surface area contributed by atoms with Crippen molar-refractivity contribution in [2.45, 2.75) is 26.1 Å². The van der Waals surface area contributed by atoms with Crippen molar-refractivity contribution in [2.24, 2.45) is 5.92 Å². The molecule has 0 unspecified atom stereocenters. The number of carbonyl (C=O) groups is 1. The van der Waals surface area contributed by atoms with E-state index in [2.05, 4.69) is 10.3 Å². The zero-order chi connectivity index (χ0) is 33.0. The Morgan fingerprint density at radius 1 is 0.896 bits per heavy atom. The van der Waals surface area contributed by atoms with E-state index >= 15 is 4.39 Å². The molecule has 3 heterocycles. The first kappa shape index (κ1) is 31.4. The third-order valence-electron chi connectivity index (χ3n) is 8.44. The zero-order valence-electron chi connectivity index (χ0n) is 25.9. The number of aromatic nitrogens is 1. The lowest BCUT2D eigenvalue weighted by molar-refractivity contribution is -0.117. The van der Waals surface area contributed by atoms with E-state index in [9.17, 15) is 9.18 Å². The van der Waals surface area contributed by atoms with Gasteiger partial charge in [0.25, 0.3) is 0 Å². The molecule has 1 N–H and O–H groups in total. The molecule has 1 saturated heterocycles. The molecule has 2 aliphatic heterocycles. The fourth-order valence-electron chi connectivity index (χ4n) is 6.06. The molecule has 0 bridgehead atoms. The van der Waals surface area contributed by atoms with Gasteiger partial charge >= 0.3 is 0 Å². The Hall–Kier alpha value is -5.15. The number of fused-ring (bicyclic) bond motifs is 1. The highest BCUT2D eigenvalue weighted by Crippen LogP contribution is 2.47. The molecule has 10 heteroatoms. The minimum Gasteiger partial charge on any atom is -0.491 e. The van der Waals surface area contributed by atoms with Crippen molar-refractivity contribution >= 4 is 28.9 Å². The van der Waals surface area contributed by atoms with E-state index in [4.69, 9.17) is 25.8 Å². The van der Waals surface area contributed by atoms with Crippen molar-refractivity contribution in [1.29, 1.82) is 0 Å². The quantitative estimate of drug-likeness (QED) is 0.153. The summed E-state index contributed by atoms with van der Waals surface area (Å²) >= 11 is 5.95. The number of hydrogen-bond acceptors (Lipinski definition) is 6. The van der Waals surface area contributed by atoms with Crippen LogP contribution in [-0.4, -0.2) is 30.6 Å². The van der Waals surface area contributed by atoms with Gasteiger partial charge in [0.15, 0.2) is 0 Å². The fourth-order valence-corrected chi connectivity index (χ4v) is 6.24. The maximum absolute atomic E-state index is 16.2. The number of benzene rings is 4. The average molecular weight is 668 g/mol. The molecule has 1 amide bonds.